The Morgan fingerprint density at radius 1 is 1.21 bits per heavy atom. The van der Waals surface area contributed by atoms with E-state index in [1.165, 1.54) is 19.3 Å². The van der Waals surface area contributed by atoms with E-state index in [0.29, 0.717) is 12.5 Å². The lowest BCUT2D eigenvalue weighted by Crippen LogP contribution is -2.50. The largest absolute Gasteiger partial charge is 0.441 e. The number of amides is 2. The summed E-state index contributed by atoms with van der Waals surface area (Å²) < 4.78 is 5.38. The maximum absolute atomic E-state index is 12.4. The van der Waals surface area contributed by atoms with Gasteiger partial charge in [-0.15, -0.1) is 0 Å². The van der Waals surface area contributed by atoms with Crippen LogP contribution in [0.1, 0.15) is 44.9 Å². The van der Waals surface area contributed by atoms with Crippen LogP contribution in [0.4, 0.5) is 4.79 Å². The second kappa shape index (κ2) is 5.02. The van der Waals surface area contributed by atoms with E-state index in [2.05, 4.69) is 5.32 Å². The van der Waals surface area contributed by atoms with E-state index in [9.17, 15) is 9.59 Å². The fourth-order valence-corrected chi connectivity index (χ4v) is 3.52. The third kappa shape index (κ3) is 2.55. The molecular weight excluding hydrogens is 244 g/mol. The topological polar surface area (TPSA) is 58.6 Å². The predicted octanol–water partition coefficient (Wildman–Crippen LogP) is 1.67. The summed E-state index contributed by atoms with van der Waals surface area (Å²) >= 11 is 0. The molecule has 2 saturated heterocycles. The molecular formula is C14H22N2O3. The van der Waals surface area contributed by atoms with E-state index in [-0.39, 0.29) is 17.6 Å². The monoisotopic (exact) mass is 266 g/mol. The lowest BCUT2D eigenvalue weighted by atomic mass is 9.86. The van der Waals surface area contributed by atoms with Crippen molar-refractivity contribution < 1.29 is 14.3 Å². The zero-order chi connectivity index (χ0) is 13.3. The first-order valence-corrected chi connectivity index (χ1v) is 7.44. The van der Waals surface area contributed by atoms with E-state index < -0.39 is 0 Å². The summed E-state index contributed by atoms with van der Waals surface area (Å²) in [6, 6.07) is 0. The van der Waals surface area contributed by atoms with Gasteiger partial charge in [0.1, 0.15) is 5.60 Å². The lowest BCUT2D eigenvalue weighted by Gasteiger charge is -2.39. The second-order valence-electron chi connectivity index (χ2n) is 6.09. The first-order valence-electron chi connectivity index (χ1n) is 7.44. The van der Waals surface area contributed by atoms with Crippen molar-refractivity contribution in [3.63, 3.8) is 0 Å². The molecule has 3 aliphatic rings. The van der Waals surface area contributed by atoms with Crippen molar-refractivity contribution in [1.82, 2.24) is 10.2 Å². The Kier molecular flexibility index (Phi) is 3.37. The highest BCUT2D eigenvalue weighted by atomic mass is 16.6. The number of likely N-dealkylation sites (tertiary alicyclic amines) is 1. The Hall–Kier alpha value is -1.26. The summed E-state index contributed by atoms with van der Waals surface area (Å²) in [5, 5.41) is 2.72. The Bertz CT molecular complexity index is 369. The number of carbonyl (C=O) groups excluding carboxylic acids is 2. The average molecular weight is 266 g/mol. The van der Waals surface area contributed by atoms with Gasteiger partial charge in [0, 0.05) is 31.8 Å². The minimum atomic E-state index is -0.347. The maximum Gasteiger partial charge on any atom is 0.407 e. The van der Waals surface area contributed by atoms with E-state index in [0.717, 1.165) is 38.8 Å². The summed E-state index contributed by atoms with van der Waals surface area (Å²) in [4.78, 5) is 25.6. The molecule has 5 nitrogen and oxygen atoms in total. The van der Waals surface area contributed by atoms with Crippen molar-refractivity contribution in [3.05, 3.63) is 0 Å². The van der Waals surface area contributed by atoms with Crippen LogP contribution in [0, 0.1) is 5.92 Å². The van der Waals surface area contributed by atoms with Crippen LogP contribution in [0.15, 0.2) is 0 Å². The Labute approximate surface area is 113 Å². The number of ether oxygens (including phenoxy) is 1. The standard InChI is InChI=1S/C14H22N2O3/c17-12(11-4-2-1-3-5-11)16-8-6-14(7-9-16)10-15-13(18)19-14/h11H,1-10H2,(H,15,18). The number of hydrogen-bond donors (Lipinski definition) is 1. The summed E-state index contributed by atoms with van der Waals surface area (Å²) in [6.45, 7) is 2.05. The quantitative estimate of drug-likeness (QED) is 0.785. The van der Waals surface area contributed by atoms with Gasteiger partial charge in [-0.05, 0) is 12.8 Å². The number of hydrogen-bond acceptors (Lipinski definition) is 3. The number of nitrogens with zero attached hydrogens (tertiary/aromatic N) is 1. The van der Waals surface area contributed by atoms with Crippen LogP contribution in [-0.2, 0) is 9.53 Å². The second-order valence-corrected chi connectivity index (χ2v) is 6.09. The molecule has 0 unspecified atom stereocenters. The highest BCUT2D eigenvalue weighted by molar-refractivity contribution is 5.79. The highest BCUT2D eigenvalue weighted by Crippen LogP contribution is 2.31. The molecule has 3 rings (SSSR count). The van der Waals surface area contributed by atoms with Crippen molar-refractivity contribution in [1.29, 1.82) is 0 Å². The van der Waals surface area contributed by atoms with E-state index in [4.69, 9.17) is 4.74 Å². The fourth-order valence-electron chi connectivity index (χ4n) is 3.52. The number of carbonyl (C=O) groups is 2. The third-order valence-electron chi connectivity index (χ3n) is 4.80. The van der Waals surface area contributed by atoms with E-state index in [1.807, 2.05) is 4.90 Å². The van der Waals surface area contributed by atoms with Gasteiger partial charge in [-0.2, -0.15) is 0 Å². The molecule has 3 fully saturated rings. The van der Waals surface area contributed by atoms with E-state index >= 15 is 0 Å². The van der Waals surface area contributed by atoms with Crippen LogP contribution in [0.2, 0.25) is 0 Å². The van der Waals surface area contributed by atoms with Crippen LogP contribution in [0.3, 0.4) is 0 Å². The van der Waals surface area contributed by atoms with Gasteiger partial charge in [-0.1, -0.05) is 19.3 Å². The first kappa shape index (κ1) is 12.8. The van der Waals surface area contributed by atoms with Crippen molar-refractivity contribution in [2.45, 2.75) is 50.5 Å². The zero-order valence-electron chi connectivity index (χ0n) is 11.3. The predicted molar refractivity (Wildman–Crippen MR) is 69.6 cm³/mol. The van der Waals surface area contributed by atoms with Crippen LogP contribution in [0.25, 0.3) is 0 Å². The molecule has 0 atom stereocenters. The summed E-state index contributed by atoms with van der Waals surface area (Å²) in [7, 11) is 0. The molecule has 0 bridgehead atoms. The Morgan fingerprint density at radius 2 is 1.89 bits per heavy atom. The summed E-state index contributed by atoms with van der Waals surface area (Å²) in [6.07, 6.45) is 6.98. The normalized spacial score (nSPS) is 27.2. The molecule has 1 aliphatic carbocycles. The van der Waals surface area contributed by atoms with Gasteiger partial charge in [0.15, 0.2) is 0 Å². The summed E-state index contributed by atoms with van der Waals surface area (Å²) in [5.74, 6) is 0.568. The molecule has 0 aromatic rings. The maximum atomic E-state index is 12.4. The zero-order valence-corrected chi connectivity index (χ0v) is 11.3. The van der Waals surface area contributed by atoms with Crippen molar-refractivity contribution >= 4 is 12.0 Å². The molecule has 2 heterocycles. The van der Waals surface area contributed by atoms with Gasteiger partial charge in [0.25, 0.3) is 0 Å². The number of nitrogens with one attached hydrogen (secondary N) is 1. The van der Waals surface area contributed by atoms with Crippen LogP contribution >= 0.6 is 0 Å². The van der Waals surface area contributed by atoms with Crippen LogP contribution in [0.5, 0.6) is 0 Å². The van der Waals surface area contributed by atoms with Gasteiger partial charge in [0.05, 0.1) is 6.54 Å². The van der Waals surface area contributed by atoms with Gasteiger partial charge in [-0.25, -0.2) is 4.79 Å². The van der Waals surface area contributed by atoms with Crippen molar-refractivity contribution in [2.75, 3.05) is 19.6 Å². The van der Waals surface area contributed by atoms with Crippen LogP contribution in [-0.4, -0.2) is 42.1 Å². The average Bonchev–Trinajstić information content (AvgIpc) is 2.81. The lowest BCUT2D eigenvalue weighted by molar-refractivity contribution is -0.139. The molecule has 1 spiro atoms. The van der Waals surface area contributed by atoms with Crippen molar-refractivity contribution in [3.8, 4) is 0 Å². The van der Waals surface area contributed by atoms with Gasteiger partial charge >= 0.3 is 6.09 Å². The molecule has 1 saturated carbocycles. The fraction of sp³-hybridized carbons (Fsp3) is 0.857. The molecule has 19 heavy (non-hydrogen) atoms. The minimum Gasteiger partial charge on any atom is -0.441 e. The smallest absolute Gasteiger partial charge is 0.407 e. The first-order chi connectivity index (χ1) is 9.19. The Balaban J connectivity index is 1.54. The molecule has 106 valence electrons. The SMILES string of the molecule is O=C1NCC2(CCN(C(=O)C3CCCCC3)CC2)O1. The van der Waals surface area contributed by atoms with Gasteiger partial charge < -0.3 is 15.0 Å². The molecule has 0 aromatic carbocycles. The number of piperidine rings is 1. The molecule has 2 aliphatic heterocycles. The molecule has 2 amide bonds. The van der Waals surface area contributed by atoms with Gasteiger partial charge in [0.2, 0.25) is 5.91 Å². The molecule has 0 aromatic heterocycles. The van der Waals surface area contributed by atoms with Crippen LogP contribution < -0.4 is 5.32 Å². The minimum absolute atomic E-state index is 0.243. The van der Waals surface area contributed by atoms with Crippen molar-refractivity contribution in [2.24, 2.45) is 5.92 Å². The summed E-state index contributed by atoms with van der Waals surface area (Å²) in [5.41, 5.74) is -0.347. The molecule has 1 N–H and O–H groups in total. The number of alkyl carbamates (subject to hydrolysis) is 1. The number of rotatable bonds is 1. The molecule has 5 heteroatoms. The highest BCUT2D eigenvalue weighted by Gasteiger charge is 2.44. The molecule has 0 radical (unpaired) electrons. The Morgan fingerprint density at radius 3 is 2.47 bits per heavy atom. The van der Waals surface area contributed by atoms with E-state index in [1.54, 1.807) is 0 Å². The van der Waals surface area contributed by atoms with Gasteiger partial charge in [-0.3, -0.25) is 4.79 Å². The third-order valence-corrected chi connectivity index (χ3v) is 4.80.